The van der Waals surface area contributed by atoms with Gasteiger partial charge in [-0.1, -0.05) is 0 Å². The van der Waals surface area contributed by atoms with Crippen LogP contribution < -0.4 is 10.6 Å². The Balaban J connectivity index is 2.68. The van der Waals surface area contributed by atoms with Gasteiger partial charge < -0.3 is 0 Å². The van der Waals surface area contributed by atoms with Gasteiger partial charge in [0.2, 0.25) is 0 Å². The van der Waals surface area contributed by atoms with Gasteiger partial charge in [0.05, 0.1) is 0 Å². The van der Waals surface area contributed by atoms with Crippen LogP contribution in [-0.2, 0) is 0 Å². The molecule has 0 aliphatic carbocycles. The van der Waals surface area contributed by atoms with E-state index in [0.29, 0.717) is 0 Å². The molecule has 40 valence electrons. The number of hydrogen-bond acceptors (Lipinski definition) is 2. The molecule has 1 aliphatic heterocycles. The fourth-order valence-corrected chi connectivity index (χ4v) is 0.514. The Kier molecular flexibility index (Phi) is 1.20. The molecule has 0 aromatic rings. The quantitative estimate of drug-likeness (QED) is 0.395. The zero-order chi connectivity index (χ0) is 5.98. The fourth-order valence-electron chi connectivity index (χ4n) is 0.514. The van der Waals surface area contributed by atoms with Gasteiger partial charge in [0.1, 0.15) is 0 Å². The molecule has 1 aliphatic rings. The summed E-state index contributed by atoms with van der Waals surface area (Å²) < 4.78 is 0. The van der Waals surface area contributed by atoms with Crippen LogP contribution in [0, 0.1) is 0 Å². The average Bonchev–Trinajstić information content (AvgIpc) is 1.64. The molecule has 0 atom stereocenters. The van der Waals surface area contributed by atoms with Gasteiger partial charge >= 0.3 is 48.4 Å². The molecule has 0 bridgehead atoms. The predicted octanol–water partition coefficient (Wildman–Crippen LogP) is -0.805. The third-order valence-corrected chi connectivity index (χ3v) is 0.854. The van der Waals surface area contributed by atoms with Crippen molar-refractivity contribution >= 4 is 13.2 Å². The Morgan fingerprint density at radius 3 is 2.75 bits per heavy atom. The van der Waals surface area contributed by atoms with Crippen LogP contribution in [0.1, 0.15) is 0 Å². The molecule has 0 spiro atoms. The van der Waals surface area contributed by atoms with Gasteiger partial charge in [0.25, 0.3) is 0 Å². The van der Waals surface area contributed by atoms with Crippen LogP contribution >= 0.6 is 0 Å². The summed E-state index contributed by atoms with van der Waals surface area (Å²) in [7, 11) is 3.63. The molecular formula is C5H7BN2. The minimum absolute atomic E-state index is 0.775. The Hall–Kier alpha value is -0.985. The number of rotatable bonds is 0. The molecule has 0 saturated carbocycles. The molecule has 0 aromatic heterocycles. The van der Waals surface area contributed by atoms with Crippen LogP contribution in [0.2, 0.25) is 0 Å². The maximum absolute atomic E-state index is 3.67. The Morgan fingerprint density at radius 2 is 2.38 bits per heavy atom. The summed E-state index contributed by atoms with van der Waals surface area (Å²) in [5.41, 5.74) is 1.64. The van der Waals surface area contributed by atoms with E-state index in [1.54, 1.807) is 6.20 Å². The van der Waals surface area contributed by atoms with E-state index in [2.05, 4.69) is 24.7 Å². The number of nitrogens with one attached hydrogen (secondary N) is 2. The van der Waals surface area contributed by atoms with Gasteiger partial charge in [-0.25, -0.2) is 0 Å². The molecule has 0 fully saturated rings. The number of allylic oxidation sites excluding steroid dienone is 1. The van der Waals surface area contributed by atoms with E-state index in [1.165, 1.54) is 0 Å². The maximum atomic E-state index is 3.67. The average molecular weight is 106 g/mol. The van der Waals surface area contributed by atoms with Crippen molar-refractivity contribution in [3.05, 3.63) is 24.6 Å². The minimum atomic E-state index is 0.775. The Labute approximate surface area is 49.4 Å². The van der Waals surface area contributed by atoms with Crippen LogP contribution in [0.15, 0.2) is 24.6 Å². The van der Waals surface area contributed by atoms with Crippen molar-refractivity contribution in [1.82, 2.24) is 10.6 Å². The van der Waals surface area contributed by atoms with Gasteiger partial charge in [0.15, 0.2) is 0 Å². The molecule has 1 heterocycles. The van der Waals surface area contributed by atoms with Crippen LogP contribution in [0.4, 0.5) is 0 Å². The third-order valence-electron chi connectivity index (χ3n) is 0.854. The predicted molar refractivity (Wildman–Crippen MR) is 36.7 cm³/mol. The molecule has 8 heavy (non-hydrogen) atoms. The molecular weight excluding hydrogens is 98.9 g/mol. The van der Waals surface area contributed by atoms with E-state index in [-0.39, 0.29) is 0 Å². The van der Waals surface area contributed by atoms with Crippen LogP contribution in [0.3, 0.4) is 0 Å². The molecule has 2 nitrogen and oxygen atoms in total. The Morgan fingerprint density at radius 1 is 1.62 bits per heavy atom. The van der Waals surface area contributed by atoms with E-state index in [4.69, 9.17) is 0 Å². The zero-order valence-electron chi connectivity index (χ0n) is 4.57. The Bertz CT molecular complexity index is 160. The first-order valence-corrected chi connectivity index (χ1v) is 2.37. The summed E-state index contributed by atoms with van der Waals surface area (Å²) in [4.78, 5) is 0. The van der Waals surface area contributed by atoms with Crippen molar-refractivity contribution in [3.63, 3.8) is 0 Å². The van der Waals surface area contributed by atoms with Gasteiger partial charge in [-0.3, -0.25) is 0 Å². The first-order chi connectivity index (χ1) is 3.79. The molecule has 0 radical (unpaired) electrons. The SMILES string of the molecule is B=C1NC=CC(=C)N1. The summed E-state index contributed by atoms with van der Waals surface area (Å²) >= 11 is 0. The van der Waals surface area contributed by atoms with Gasteiger partial charge in [0, 0.05) is 0 Å². The van der Waals surface area contributed by atoms with Gasteiger partial charge in [-0.15, -0.1) is 0 Å². The third kappa shape index (κ3) is 0.995. The van der Waals surface area contributed by atoms with Crippen molar-refractivity contribution in [2.75, 3.05) is 0 Å². The van der Waals surface area contributed by atoms with E-state index in [0.717, 1.165) is 11.4 Å². The fraction of sp³-hybridized carbons (Fsp3) is 0. The molecule has 3 heteroatoms. The molecule has 1 rings (SSSR count). The monoisotopic (exact) mass is 106 g/mol. The summed E-state index contributed by atoms with van der Waals surface area (Å²) in [6, 6.07) is 0. The van der Waals surface area contributed by atoms with Gasteiger partial charge in [-0.05, 0) is 0 Å². The van der Waals surface area contributed by atoms with Crippen LogP contribution in [0.5, 0.6) is 0 Å². The summed E-state index contributed by atoms with van der Waals surface area (Å²) in [6.45, 7) is 3.67. The number of hydrogen-bond donors (Lipinski definition) is 2. The van der Waals surface area contributed by atoms with E-state index < -0.39 is 0 Å². The normalized spacial score (nSPS) is 17.4. The summed E-state index contributed by atoms with van der Waals surface area (Å²) in [6.07, 6.45) is 3.63. The van der Waals surface area contributed by atoms with E-state index in [9.17, 15) is 0 Å². The second-order valence-electron chi connectivity index (χ2n) is 1.61. The van der Waals surface area contributed by atoms with Crippen molar-refractivity contribution in [3.8, 4) is 0 Å². The molecule has 0 unspecified atom stereocenters. The second kappa shape index (κ2) is 1.86. The van der Waals surface area contributed by atoms with Crippen LogP contribution in [0.25, 0.3) is 0 Å². The van der Waals surface area contributed by atoms with E-state index in [1.807, 2.05) is 6.08 Å². The standard InChI is InChI=1S/C5H7BN2/c1-4-2-3-7-5(6)8-4/h2-3,6-8H,1H2. The first-order valence-electron chi connectivity index (χ1n) is 2.37. The van der Waals surface area contributed by atoms with E-state index >= 15 is 0 Å². The van der Waals surface area contributed by atoms with Crippen LogP contribution in [-0.4, -0.2) is 13.2 Å². The molecule has 0 aromatic carbocycles. The molecule has 0 amide bonds. The first kappa shape index (κ1) is 5.16. The zero-order valence-corrected chi connectivity index (χ0v) is 4.57. The van der Waals surface area contributed by atoms with Gasteiger partial charge in [-0.2, -0.15) is 0 Å². The van der Waals surface area contributed by atoms with Crippen molar-refractivity contribution in [1.29, 1.82) is 0 Å². The van der Waals surface area contributed by atoms with Crippen molar-refractivity contribution < 1.29 is 0 Å². The van der Waals surface area contributed by atoms with Crippen molar-refractivity contribution in [2.24, 2.45) is 0 Å². The topological polar surface area (TPSA) is 24.1 Å². The molecule has 2 N–H and O–H groups in total. The molecule has 0 saturated heterocycles. The van der Waals surface area contributed by atoms with Crippen molar-refractivity contribution in [2.45, 2.75) is 0 Å². The summed E-state index contributed by atoms with van der Waals surface area (Å²) in [5, 5.41) is 5.76. The summed E-state index contributed by atoms with van der Waals surface area (Å²) in [5.74, 6) is 0. The second-order valence-corrected chi connectivity index (χ2v) is 1.61.